The fourth-order valence-corrected chi connectivity index (χ4v) is 2.59. The molecule has 0 aliphatic carbocycles. The molecule has 18 heavy (non-hydrogen) atoms. The molecule has 94 valence electrons. The van der Waals surface area contributed by atoms with E-state index in [9.17, 15) is 4.79 Å². The van der Waals surface area contributed by atoms with Crippen molar-refractivity contribution in [3.05, 3.63) is 29.1 Å². The Morgan fingerprint density at radius 2 is 2.17 bits per heavy atom. The molecule has 0 bridgehead atoms. The van der Waals surface area contributed by atoms with Crippen LogP contribution in [0.3, 0.4) is 0 Å². The van der Waals surface area contributed by atoms with Crippen LogP contribution in [-0.4, -0.2) is 31.0 Å². The minimum Gasteiger partial charge on any atom is -0.497 e. The van der Waals surface area contributed by atoms with E-state index in [1.54, 1.807) is 18.6 Å². The Morgan fingerprint density at radius 3 is 2.78 bits per heavy atom. The first-order valence-electron chi connectivity index (χ1n) is 5.07. The quantitative estimate of drug-likeness (QED) is 0.680. The van der Waals surface area contributed by atoms with Gasteiger partial charge in [-0.2, -0.15) is 0 Å². The molecule has 0 saturated heterocycles. The summed E-state index contributed by atoms with van der Waals surface area (Å²) in [4.78, 5) is 15.7. The monoisotopic (exact) mass is 265 g/mol. The molecule has 0 aliphatic rings. The maximum atomic E-state index is 11.1. The fraction of sp³-hybridized carbons (Fsp3) is 0.167. The van der Waals surface area contributed by atoms with E-state index in [2.05, 4.69) is 9.99 Å². The molecular formula is C12H11NO4S. The van der Waals surface area contributed by atoms with Gasteiger partial charge in [0.05, 0.1) is 7.11 Å². The lowest BCUT2D eigenvalue weighted by Crippen LogP contribution is -2.14. The molecule has 0 atom stereocenters. The van der Waals surface area contributed by atoms with E-state index >= 15 is 0 Å². The topological polar surface area (TPSA) is 68.1 Å². The molecule has 1 aromatic carbocycles. The summed E-state index contributed by atoms with van der Waals surface area (Å²) >= 11 is 1.44. The lowest BCUT2D eigenvalue weighted by atomic mass is 10.1. The maximum Gasteiger partial charge on any atom is 0.358 e. The molecular weight excluding hydrogens is 254 g/mol. The van der Waals surface area contributed by atoms with Crippen LogP contribution >= 0.6 is 11.3 Å². The summed E-state index contributed by atoms with van der Waals surface area (Å²) in [5.41, 5.74) is 0.445. The zero-order valence-corrected chi connectivity index (χ0v) is 10.7. The molecule has 0 amide bonds. The number of fused-ring (bicyclic) bond motifs is 1. The zero-order chi connectivity index (χ0) is 13.1. The highest BCUT2D eigenvalue weighted by atomic mass is 32.1. The molecule has 0 fully saturated rings. The van der Waals surface area contributed by atoms with Crippen molar-refractivity contribution in [2.45, 2.75) is 0 Å². The van der Waals surface area contributed by atoms with Gasteiger partial charge in [0.2, 0.25) is 0 Å². The highest BCUT2D eigenvalue weighted by Crippen LogP contribution is 2.30. The van der Waals surface area contributed by atoms with Gasteiger partial charge < -0.3 is 14.7 Å². The minimum atomic E-state index is -1.12. The Kier molecular flexibility index (Phi) is 3.47. The van der Waals surface area contributed by atoms with E-state index in [0.717, 1.165) is 15.8 Å². The van der Waals surface area contributed by atoms with Crippen molar-refractivity contribution in [1.82, 2.24) is 0 Å². The minimum absolute atomic E-state index is 0.103. The third-order valence-corrected chi connectivity index (χ3v) is 3.37. The lowest BCUT2D eigenvalue weighted by molar-refractivity contribution is -0.129. The molecule has 1 aromatic heterocycles. The molecule has 0 unspecified atom stereocenters. The van der Waals surface area contributed by atoms with Crippen molar-refractivity contribution in [1.29, 1.82) is 0 Å². The number of benzene rings is 1. The Bertz CT molecular complexity index is 618. The van der Waals surface area contributed by atoms with Crippen LogP contribution in [0.2, 0.25) is 0 Å². The number of carboxylic acid groups (broad SMARTS) is 1. The van der Waals surface area contributed by atoms with Gasteiger partial charge in [-0.1, -0.05) is 5.16 Å². The zero-order valence-electron chi connectivity index (χ0n) is 9.84. The first-order chi connectivity index (χ1) is 8.67. The predicted octanol–water partition coefficient (Wildman–Crippen LogP) is 2.35. The van der Waals surface area contributed by atoms with E-state index < -0.39 is 5.97 Å². The number of aliphatic carboxylic acids is 1. The van der Waals surface area contributed by atoms with Crippen molar-refractivity contribution < 1.29 is 19.5 Å². The number of thiophene rings is 1. The van der Waals surface area contributed by atoms with Crippen LogP contribution in [0, 0.1) is 0 Å². The number of oxime groups is 1. The number of carbonyl (C=O) groups is 1. The van der Waals surface area contributed by atoms with Gasteiger partial charge >= 0.3 is 5.97 Å². The molecule has 0 saturated carbocycles. The van der Waals surface area contributed by atoms with Gasteiger partial charge in [-0.3, -0.25) is 0 Å². The van der Waals surface area contributed by atoms with Gasteiger partial charge in [-0.05, 0) is 18.2 Å². The number of rotatable bonds is 4. The third-order valence-electron chi connectivity index (χ3n) is 2.42. The molecule has 1 N–H and O–H groups in total. The van der Waals surface area contributed by atoms with Gasteiger partial charge in [0.1, 0.15) is 12.9 Å². The van der Waals surface area contributed by atoms with Crippen molar-refractivity contribution in [3.8, 4) is 5.75 Å². The largest absolute Gasteiger partial charge is 0.497 e. The van der Waals surface area contributed by atoms with Crippen molar-refractivity contribution >= 4 is 33.1 Å². The third kappa shape index (κ3) is 2.14. The fourth-order valence-electron chi connectivity index (χ4n) is 1.61. The molecule has 5 nitrogen and oxygen atoms in total. The first kappa shape index (κ1) is 12.4. The van der Waals surface area contributed by atoms with E-state index in [1.165, 1.54) is 18.4 Å². The van der Waals surface area contributed by atoms with E-state index in [-0.39, 0.29) is 5.71 Å². The predicted molar refractivity (Wildman–Crippen MR) is 69.6 cm³/mol. The van der Waals surface area contributed by atoms with Gasteiger partial charge in [0.15, 0.2) is 5.71 Å². The molecule has 0 spiro atoms. The summed E-state index contributed by atoms with van der Waals surface area (Å²) in [7, 11) is 2.91. The Labute approximate surface area is 107 Å². The summed E-state index contributed by atoms with van der Waals surface area (Å²) in [6.07, 6.45) is 0. The van der Waals surface area contributed by atoms with Gasteiger partial charge in [-0.25, -0.2) is 4.79 Å². The lowest BCUT2D eigenvalue weighted by Gasteiger charge is -2.01. The van der Waals surface area contributed by atoms with Gasteiger partial charge in [0.25, 0.3) is 0 Å². The average molecular weight is 265 g/mol. The van der Waals surface area contributed by atoms with Crippen LogP contribution in [-0.2, 0) is 9.63 Å². The van der Waals surface area contributed by atoms with Crippen molar-refractivity contribution in [2.75, 3.05) is 14.2 Å². The normalized spacial score (nSPS) is 11.6. The Hall–Kier alpha value is -2.08. The maximum absolute atomic E-state index is 11.1. The average Bonchev–Trinajstić information content (AvgIpc) is 2.78. The number of hydrogen-bond acceptors (Lipinski definition) is 5. The van der Waals surface area contributed by atoms with E-state index in [0.29, 0.717) is 5.56 Å². The second-order valence-corrected chi connectivity index (χ2v) is 4.35. The standard InChI is InChI=1S/C12H11NO4S/c1-16-7-3-4-8-9(6-18-10(8)5-7)11(12(14)15)13-17-2/h3-6H,1-2H3,(H,14,15). The van der Waals surface area contributed by atoms with Crippen LogP contribution in [0.5, 0.6) is 5.75 Å². The van der Waals surface area contributed by atoms with Crippen LogP contribution in [0.4, 0.5) is 0 Å². The highest BCUT2D eigenvalue weighted by molar-refractivity contribution is 7.17. The molecule has 2 rings (SSSR count). The van der Waals surface area contributed by atoms with Crippen molar-refractivity contribution in [3.63, 3.8) is 0 Å². The highest BCUT2D eigenvalue weighted by Gasteiger charge is 2.18. The Balaban J connectivity index is 2.58. The van der Waals surface area contributed by atoms with Crippen LogP contribution in [0.25, 0.3) is 10.1 Å². The number of ether oxygens (including phenoxy) is 1. The first-order valence-corrected chi connectivity index (χ1v) is 5.95. The number of carboxylic acids is 1. The second-order valence-electron chi connectivity index (χ2n) is 3.44. The summed E-state index contributed by atoms with van der Waals surface area (Å²) < 4.78 is 6.06. The molecule has 6 heteroatoms. The van der Waals surface area contributed by atoms with E-state index in [1.807, 2.05) is 12.1 Å². The molecule has 2 aromatic rings. The second kappa shape index (κ2) is 5.05. The molecule has 0 radical (unpaired) electrons. The number of nitrogens with zero attached hydrogens (tertiary/aromatic N) is 1. The van der Waals surface area contributed by atoms with E-state index in [4.69, 9.17) is 9.84 Å². The van der Waals surface area contributed by atoms with Crippen LogP contribution in [0.1, 0.15) is 5.56 Å². The number of hydrogen-bond donors (Lipinski definition) is 1. The molecule has 0 aliphatic heterocycles. The van der Waals surface area contributed by atoms with Gasteiger partial charge in [0, 0.05) is 21.0 Å². The van der Waals surface area contributed by atoms with Crippen molar-refractivity contribution in [2.24, 2.45) is 5.16 Å². The summed E-state index contributed by atoms with van der Waals surface area (Å²) in [6.45, 7) is 0. The SMILES string of the molecule is CON=C(C(=O)O)c1csc2cc(OC)ccc12. The van der Waals surface area contributed by atoms with Gasteiger partial charge in [-0.15, -0.1) is 11.3 Å². The molecule has 1 heterocycles. The Morgan fingerprint density at radius 1 is 1.39 bits per heavy atom. The summed E-state index contributed by atoms with van der Waals surface area (Å²) in [5.74, 6) is -0.385. The van der Waals surface area contributed by atoms with Crippen LogP contribution in [0.15, 0.2) is 28.7 Å². The summed E-state index contributed by atoms with van der Waals surface area (Å²) in [5, 5.41) is 15.2. The summed E-state index contributed by atoms with van der Waals surface area (Å²) in [6, 6.07) is 5.45. The number of methoxy groups -OCH3 is 1. The smallest absolute Gasteiger partial charge is 0.358 e. The van der Waals surface area contributed by atoms with Crippen LogP contribution < -0.4 is 4.74 Å².